The fraction of sp³-hybridized carbons (Fsp3) is 0.917. The lowest BCUT2D eigenvalue weighted by atomic mass is 9.95. The van der Waals surface area contributed by atoms with E-state index < -0.39 is 5.60 Å². The third kappa shape index (κ3) is 2.67. The number of carbonyl (C=O) groups is 1. The molecule has 0 aliphatic carbocycles. The number of likely N-dealkylation sites (tertiary alicyclic amines) is 1. The highest BCUT2D eigenvalue weighted by atomic mass is 16.6. The van der Waals surface area contributed by atoms with Gasteiger partial charge in [0, 0.05) is 19.2 Å². The molecule has 2 bridgehead atoms. The van der Waals surface area contributed by atoms with Crippen LogP contribution >= 0.6 is 0 Å². The summed E-state index contributed by atoms with van der Waals surface area (Å²) < 4.78 is 11.0. The van der Waals surface area contributed by atoms with E-state index in [1.807, 2.05) is 25.7 Å². The van der Waals surface area contributed by atoms with E-state index in [0.29, 0.717) is 12.1 Å². The molecule has 2 atom stereocenters. The quantitative estimate of drug-likeness (QED) is 0.636. The third-order valence-corrected chi connectivity index (χ3v) is 3.10. The largest absolute Gasteiger partial charge is 0.444 e. The molecule has 16 heavy (non-hydrogen) atoms. The molecule has 1 amide bonds. The number of nitrogens with zero attached hydrogens (tertiary/aromatic N) is 1. The van der Waals surface area contributed by atoms with Crippen molar-refractivity contribution in [2.45, 2.75) is 57.8 Å². The first-order valence-corrected chi connectivity index (χ1v) is 6.07. The molecule has 2 saturated heterocycles. The molecule has 2 fully saturated rings. The summed E-state index contributed by atoms with van der Waals surface area (Å²) in [5.74, 6) is 0. The van der Waals surface area contributed by atoms with Gasteiger partial charge in [0.25, 0.3) is 0 Å². The monoisotopic (exact) mass is 227 g/mol. The van der Waals surface area contributed by atoms with Crippen molar-refractivity contribution in [3.8, 4) is 0 Å². The molecule has 2 unspecified atom stereocenters. The van der Waals surface area contributed by atoms with E-state index in [9.17, 15) is 4.79 Å². The maximum atomic E-state index is 12.0. The van der Waals surface area contributed by atoms with Crippen molar-refractivity contribution in [2.75, 3.05) is 13.2 Å². The molecule has 2 aliphatic heterocycles. The van der Waals surface area contributed by atoms with Crippen LogP contribution in [0.5, 0.6) is 0 Å². The molecule has 2 aliphatic rings. The molecule has 2 rings (SSSR count). The van der Waals surface area contributed by atoms with E-state index in [2.05, 4.69) is 0 Å². The third-order valence-electron chi connectivity index (χ3n) is 3.10. The van der Waals surface area contributed by atoms with Crippen molar-refractivity contribution in [1.29, 1.82) is 0 Å². The molecule has 4 heteroatoms. The minimum Gasteiger partial charge on any atom is -0.444 e. The van der Waals surface area contributed by atoms with E-state index in [0.717, 1.165) is 32.4 Å². The van der Waals surface area contributed by atoms with Gasteiger partial charge in [-0.15, -0.1) is 0 Å². The first-order chi connectivity index (χ1) is 7.46. The van der Waals surface area contributed by atoms with E-state index in [1.54, 1.807) is 0 Å². The highest BCUT2D eigenvalue weighted by Gasteiger charge is 2.36. The van der Waals surface area contributed by atoms with Gasteiger partial charge in [-0.1, -0.05) is 0 Å². The maximum Gasteiger partial charge on any atom is 0.410 e. The smallest absolute Gasteiger partial charge is 0.410 e. The number of hydrogen-bond donors (Lipinski definition) is 0. The summed E-state index contributed by atoms with van der Waals surface area (Å²) in [4.78, 5) is 13.9. The average molecular weight is 227 g/mol. The predicted octanol–water partition coefficient (Wildman–Crippen LogP) is 2.17. The Bertz CT molecular complexity index is 272. The summed E-state index contributed by atoms with van der Waals surface area (Å²) in [6.45, 7) is 7.25. The SMILES string of the molecule is CC(C)(C)OC(=O)N1CCC2CC1CCO2. The first kappa shape index (κ1) is 11.7. The number of carbonyl (C=O) groups excluding carboxylic acids is 1. The summed E-state index contributed by atoms with van der Waals surface area (Å²) in [5, 5.41) is 0. The zero-order valence-electron chi connectivity index (χ0n) is 10.4. The van der Waals surface area contributed by atoms with Gasteiger partial charge in [-0.3, -0.25) is 0 Å². The van der Waals surface area contributed by atoms with Crippen LogP contribution in [0.15, 0.2) is 0 Å². The van der Waals surface area contributed by atoms with Crippen molar-refractivity contribution in [3.05, 3.63) is 0 Å². The molecule has 0 aromatic carbocycles. The summed E-state index contributed by atoms with van der Waals surface area (Å²) in [6, 6.07) is 0.322. The van der Waals surface area contributed by atoms with Crippen LogP contribution in [0.2, 0.25) is 0 Å². The second kappa shape index (κ2) is 4.24. The van der Waals surface area contributed by atoms with Crippen LogP contribution in [-0.2, 0) is 9.47 Å². The van der Waals surface area contributed by atoms with Crippen molar-refractivity contribution in [1.82, 2.24) is 4.90 Å². The molecule has 0 saturated carbocycles. The zero-order chi connectivity index (χ0) is 11.8. The van der Waals surface area contributed by atoms with Gasteiger partial charge in [-0.25, -0.2) is 4.79 Å². The van der Waals surface area contributed by atoms with Crippen molar-refractivity contribution in [3.63, 3.8) is 0 Å². The van der Waals surface area contributed by atoms with Crippen LogP contribution in [0.4, 0.5) is 4.79 Å². The number of fused-ring (bicyclic) bond motifs is 2. The van der Waals surface area contributed by atoms with Gasteiger partial charge in [0.05, 0.1) is 6.10 Å². The predicted molar refractivity (Wildman–Crippen MR) is 60.3 cm³/mol. The van der Waals surface area contributed by atoms with Crippen LogP contribution in [0, 0.1) is 0 Å². The van der Waals surface area contributed by atoms with Crippen molar-refractivity contribution >= 4 is 6.09 Å². The lowest BCUT2D eigenvalue weighted by Crippen LogP contribution is -2.52. The molecule has 0 radical (unpaired) electrons. The number of hydrogen-bond acceptors (Lipinski definition) is 3. The topological polar surface area (TPSA) is 38.8 Å². The van der Waals surface area contributed by atoms with E-state index in [-0.39, 0.29) is 6.09 Å². The fourth-order valence-electron chi connectivity index (χ4n) is 2.37. The normalized spacial score (nSPS) is 30.1. The number of ether oxygens (including phenoxy) is 2. The van der Waals surface area contributed by atoms with Gasteiger partial charge in [0.15, 0.2) is 0 Å². The average Bonchev–Trinajstić information content (AvgIpc) is 2.15. The van der Waals surface area contributed by atoms with Crippen LogP contribution in [0.3, 0.4) is 0 Å². The summed E-state index contributed by atoms with van der Waals surface area (Å²) >= 11 is 0. The van der Waals surface area contributed by atoms with Gasteiger partial charge >= 0.3 is 6.09 Å². The summed E-state index contributed by atoms with van der Waals surface area (Å²) in [6.07, 6.45) is 3.04. The Labute approximate surface area is 96.9 Å². The Morgan fingerprint density at radius 2 is 2.12 bits per heavy atom. The molecule has 0 aromatic heterocycles. The van der Waals surface area contributed by atoms with Crippen LogP contribution in [0.25, 0.3) is 0 Å². The van der Waals surface area contributed by atoms with Gasteiger partial charge < -0.3 is 14.4 Å². The first-order valence-electron chi connectivity index (χ1n) is 6.07. The Balaban J connectivity index is 1.96. The zero-order valence-corrected chi connectivity index (χ0v) is 10.4. The van der Waals surface area contributed by atoms with Gasteiger partial charge in [0.1, 0.15) is 5.60 Å². The van der Waals surface area contributed by atoms with Crippen LogP contribution < -0.4 is 0 Å². The van der Waals surface area contributed by atoms with E-state index in [1.165, 1.54) is 0 Å². The summed E-state index contributed by atoms with van der Waals surface area (Å²) in [5.41, 5.74) is -0.404. The Morgan fingerprint density at radius 1 is 1.38 bits per heavy atom. The van der Waals surface area contributed by atoms with Gasteiger partial charge in [-0.2, -0.15) is 0 Å². The second-order valence-corrected chi connectivity index (χ2v) is 5.63. The standard InChI is InChI=1S/C12H21NO3/c1-12(2,3)16-11(14)13-6-4-10-8-9(13)5-7-15-10/h9-10H,4-8H2,1-3H3. The fourth-order valence-corrected chi connectivity index (χ4v) is 2.37. The number of rotatable bonds is 0. The second-order valence-electron chi connectivity index (χ2n) is 5.63. The Kier molecular flexibility index (Phi) is 3.10. The number of piperidine rings is 1. The van der Waals surface area contributed by atoms with Crippen molar-refractivity contribution < 1.29 is 14.3 Å². The van der Waals surface area contributed by atoms with Crippen LogP contribution in [0.1, 0.15) is 40.0 Å². The van der Waals surface area contributed by atoms with Crippen LogP contribution in [-0.4, -0.2) is 41.9 Å². The highest BCUT2D eigenvalue weighted by molar-refractivity contribution is 5.68. The lowest BCUT2D eigenvalue weighted by Gasteiger charge is -2.42. The molecule has 0 N–H and O–H groups in total. The molecule has 0 spiro atoms. The van der Waals surface area contributed by atoms with Gasteiger partial charge in [0.2, 0.25) is 0 Å². The number of amides is 1. The Morgan fingerprint density at radius 3 is 2.81 bits per heavy atom. The van der Waals surface area contributed by atoms with E-state index in [4.69, 9.17) is 9.47 Å². The van der Waals surface area contributed by atoms with Crippen molar-refractivity contribution in [2.24, 2.45) is 0 Å². The Hall–Kier alpha value is -0.770. The molecule has 0 aromatic rings. The molecule has 2 heterocycles. The maximum absolute atomic E-state index is 12.0. The summed E-state index contributed by atoms with van der Waals surface area (Å²) in [7, 11) is 0. The molecular weight excluding hydrogens is 206 g/mol. The van der Waals surface area contributed by atoms with Gasteiger partial charge in [-0.05, 0) is 40.0 Å². The lowest BCUT2D eigenvalue weighted by molar-refractivity contribution is -0.0690. The molecular formula is C12H21NO3. The molecule has 4 nitrogen and oxygen atoms in total. The highest BCUT2D eigenvalue weighted by Crippen LogP contribution is 2.28. The van der Waals surface area contributed by atoms with E-state index >= 15 is 0 Å². The molecule has 92 valence electrons. The minimum atomic E-state index is -0.404. The minimum absolute atomic E-state index is 0.169.